The average Bonchev–Trinajstić information content (AvgIpc) is 3.10. The van der Waals surface area contributed by atoms with Crippen LogP contribution in [0.4, 0.5) is 0 Å². The fraction of sp³-hybridized carbons (Fsp3) is 0.500. The van der Waals surface area contributed by atoms with Crippen molar-refractivity contribution in [3.8, 4) is 5.75 Å². The third kappa shape index (κ3) is 5.25. The molecule has 1 amide bonds. The molecule has 1 atom stereocenters. The van der Waals surface area contributed by atoms with Crippen molar-refractivity contribution in [2.45, 2.75) is 56.4 Å². The Kier molecular flexibility index (Phi) is 7.39. The number of aryl methyl sites for hydroxylation is 1. The van der Waals surface area contributed by atoms with Gasteiger partial charge >= 0.3 is 0 Å². The van der Waals surface area contributed by atoms with E-state index in [1.807, 2.05) is 31.2 Å². The summed E-state index contributed by atoms with van der Waals surface area (Å²) in [5, 5.41) is 0. The number of nitrogens with zero attached hydrogens (tertiary/aromatic N) is 2. The second kappa shape index (κ2) is 10.3. The molecule has 0 radical (unpaired) electrons. The number of benzene rings is 2. The zero-order valence-electron chi connectivity index (χ0n) is 19.6. The fourth-order valence-corrected chi connectivity index (χ4v) is 6.45. The van der Waals surface area contributed by atoms with E-state index in [-0.39, 0.29) is 17.9 Å². The summed E-state index contributed by atoms with van der Waals surface area (Å²) in [5.41, 5.74) is 2.17. The van der Waals surface area contributed by atoms with Crippen LogP contribution in [0.5, 0.6) is 5.75 Å². The second-order valence-electron chi connectivity index (χ2n) is 9.16. The Hall–Kier alpha value is -2.38. The van der Waals surface area contributed by atoms with Gasteiger partial charge in [-0.1, -0.05) is 42.7 Å². The number of carbonyl (C=O) groups is 1. The van der Waals surface area contributed by atoms with Crippen molar-refractivity contribution in [1.29, 1.82) is 0 Å². The molecule has 2 aromatic carbocycles. The van der Waals surface area contributed by atoms with Crippen LogP contribution in [0.15, 0.2) is 53.4 Å². The van der Waals surface area contributed by atoms with Crippen molar-refractivity contribution in [2.24, 2.45) is 5.92 Å². The number of hydrogen-bond acceptors (Lipinski definition) is 4. The monoisotopic (exact) mass is 470 g/mol. The zero-order valence-corrected chi connectivity index (χ0v) is 20.4. The smallest absolute Gasteiger partial charge is 0.243 e. The molecule has 2 aromatic rings. The first-order chi connectivity index (χ1) is 15.9. The van der Waals surface area contributed by atoms with Gasteiger partial charge in [-0.3, -0.25) is 4.79 Å². The molecule has 178 valence electrons. The predicted molar refractivity (Wildman–Crippen MR) is 129 cm³/mol. The van der Waals surface area contributed by atoms with E-state index >= 15 is 0 Å². The summed E-state index contributed by atoms with van der Waals surface area (Å²) in [4.78, 5) is 16.0. The molecular weight excluding hydrogens is 436 g/mol. The van der Waals surface area contributed by atoms with Gasteiger partial charge in [-0.15, -0.1) is 0 Å². The molecule has 33 heavy (non-hydrogen) atoms. The SMILES string of the molecule is COc1ccc([C@H]2CCCCCN2C(=O)C2CCN(S(=O)(=O)c3ccc(C)cc3)CC2)cc1. The highest BCUT2D eigenvalue weighted by Crippen LogP contribution is 2.34. The van der Waals surface area contributed by atoms with Crippen molar-refractivity contribution in [3.05, 3.63) is 59.7 Å². The van der Waals surface area contributed by atoms with Crippen LogP contribution in [0.3, 0.4) is 0 Å². The van der Waals surface area contributed by atoms with Gasteiger partial charge in [0.05, 0.1) is 18.0 Å². The molecule has 2 fully saturated rings. The van der Waals surface area contributed by atoms with Gasteiger partial charge in [0.25, 0.3) is 0 Å². The highest BCUT2D eigenvalue weighted by molar-refractivity contribution is 7.89. The highest BCUT2D eigenvalue weighted by atomic mass is 32.2. The highest BCUT2D eigenvalue weighted by Gasteiger charge is 2.36. The van der Waals surface area contributed by atoms with Crippen LogP contribution in [-0.4, -0.2) is 50.3 Å². The van der Waals surface area contributed by atoms with Crippen LogP contribution < -0.4 is 4.74 Å². The van der Waals surface area contributed by atoms with E-state index < -0.39 is 10.0 Å². The summed E-state index contributed by atoms with van der Waals surface area (Å²) in [7, 11) is -1.87. The lowest BCUT2D eigenvalue weighted by molar-refractivity contribution is -0.139. The van der Waals surface area contributed by atoms with Gasteiger partial charge in [-0.05, 0) is 62.4 Å². The molecule has 7 heteroatoms. The zero-order chi connectivity index (χ0) is 23.4. The van der Waals surface area contributed by atoms with Gasteiger partial charge in [0, 0.05) is 25.6 Å². The Morgan fingerprint density at radius 2 is 1.55 bits per heavy atom. The van der Waals surface area contributed by atoms with Crippen molar-refractivity contribution in [3.63, 3.8) is 0 Å². The van der Waals surface area contributed by atoms with Crippen LogP contribution in [-0.2, 0) is 14.8 Å². The van der Waals surface area contributed by atoms with E-state index in [9.17, 15) is 13.2 Å². The minimum absolute atomic E-state index is 0.0697. The van der Waals surface area contributed by atoms with Crippen molar-refractivity contribution >= 4 is 15.9 Å². The van der Waals surface area contributed by atoms with Gasteiger partial charge in [0.15, 0.2) is 0 Å². The molecule has 2 heterocycles. The molecule has 2 aliphatic heterocycles. The number of methoxy groups -OCH3 is 1. The van der Waals surface area contributed by atoms with Gasteiger partial charge in [0.1, 0.15) is 5.75 Å². The number of hydrogen-bond donors (Lipinski definition) is 0. The van der Waals surface area contributed by atoms with Crippen LogP contribution in [0.1, 0.15) is 55.7 Å². The summed E-state index contributed by atoms with van der Waals surface area (Å²) in [5.74, 6) is 0.853. The maximum atomic E-state index is 13.6. The number of likely N-dealkylation sites (tertiary alicyclic amines) is 1. The molecule has 0 saturated carbocycles. The third-order valence-electron chi connectivity index (χ3n) is 7.00. The first-order valence-corrected chi connectivity index (χ1v) is 13.4. The lowest BCUT2D eigenvalue weighted by Gasteiger charge is -2.37. The molecule has 0 bridgehead atoms. The number of carbonyl (C=O) groups excluding carboxylic acids is 1. The van der Waals surface area contributed by atoms with Crippen LogP contribution in [0.2, 0.25) is 0 Å². The number of piperidine rings is 1. The summed E-state index contributed by atoms with van der Waals surface area (Å²) < 4.78 is 32.9. The topological polar surface area (TPSA) is 66.9 Å². The number of sulfonamides is 1. The van der Waals surface area contributed by atoms with Gasteiger partial charge in [-0.25, -0.2) is 8.42 Å². The molecule has 0 aliphatic carbocycles. The van der Waals surface area contributed by atoms with E-state index in [2.05, 4.69) is 17.0 Å². The van der Waals surface area contributed by atoms with Gasteiger partial charge in [-0.2, -0.15) is 4.31 Å². The van der Waals surface area contributed by atoms with E-state index in [0.717, 1.165) is 49.1 Å². The third-order valence-corrected chi connectivity index (χ3v) is 8.91. The van der Waals surface area contributed by atoms with Crippen molar-refractivity contribution in [2.75, 3.05) is 26.7 Å². The Bertz CT molecular complexity index is 1040. The molecule has 2 aliphatic rings. The lowest BCUT2D eigenvalue weighted by atomic mass is 9.94. The Balaban J connectivity index is 1.45. The molecule has 0 spiro atoms. The molecule has 0 N–H and O–H groups in total. The number of ether oxygens (including phenoxy) is 1. The minimum atomic E-state index is -3.52. The largest absolute Gasteiger partial charge is 0.497 e. The predicted octanol–water partition coefficient (Wildman–Crippen LogP) is 4.55. The van der Waals surface area contributed by atoms with Crippen LogP contribution in [0, 0.1) is 12.8 Å². The fourth-order valence-electron chi connectivity index (χ4n) is 4.98. The van der Waals surface area contributed by atoms with Crippen LogP contribution >= 0.6 is 0 Å². The van der Waals surface area contributed by atoms with Crippen molar-refractivity contribution in [1.82, 2.24) is 9.21 Å². The molecule has 0 unspecified atom stereocenters. The summed E-state index contributed by atoms with van der Waals surface area (Å²) in [6.45, 7) is 3.47. The average molecular weight is 471 g/mol. The Morgan fingerprint density at radius 1 is 0.879 bits per heavy atom. The lowest BCUT2D eigenvalue weighted by Crippen LogP contribution is -2.45. The minimum Gasteiger partial charge on any atom is -0.497 e. The van der Waals surface area contributed by atoms with E-state index in [0.29, 0.717) is 30.8 Å². The number of amides is 1. The molecule has 6 nitrogen and oxygen atoms in total. The summed E-state index contributed by atoms with van der Waals surface area (Å²) >= 11 is 0. The molecule has 4 rings (SSSR count). The second-order valence-corrected chi connectivity index (χ2v) is 11.1. The van der Waals surface area contributed by atoms with Gasteiger partial charge in [0.2, 0.25) is 15.9 Å². The standard InChI is InChI=1S/C26H34N2O4S/c1-20-7-13-24(14-8-20)33(30,31)27-18-15-22(16-19-27)26(29)28-17-5-3-4-6-25(28)21-9-11-23(32-2)12-10-21/h7-14,22,25H,3-6,15-19H2,1-2H3/t25-/m1/s1. The molecule has 0 aromatic heterocycles. The summed E-state index contributed by atoms with van der Waals surface area (Å²) in [6.07, 6.45) is 5.33. The molecular formula is C26H34N2O4S. The van der Waals surface area contributed by atoms with Crippen LogP contribution in [0.25, 0.3) is 0 Å². The Morgan fingerprint density at radius 3 is 2.18 bits per heavy atom. The Labute approximate surface area is 197 Å². The van der Waals surface area contributed by atoms with E-state index in [4.69, 9.17) is 4.74 Å². The normalized spacial score (nSPS) is 20.9. The first kappa shape index (κ1) is 23.8. The maximum Gasteiger partial charge on any atom is 0.243 e. The van der Waals surface area contributed by atoms with Gasteiger partial charge < -0.3 is 9.64 Å². The van der Waals surface area contributed by atoms with E-state index in [1.165, 1.54) is 4.31 Å². The molecule has 2 saturated heterocycles. The summed E-state index contributed by atoms with van der Waals surface area (Å²) in [6, 6.07) is 15.1. The maximum absolute atomic E-state index is 13.6. The van der Waals surface area contributed by atoms with Crippen molar-refractivity contribution < 1.29 is 17.9 Å². The van der Waals surface area contributed by atoms with E-state index in [1.54, 1.807) is 19.2 Å². The number of rotatable bonds is 5. The first-order valence-electron chi connectivity index (χ1n) is 11.9. The quantitative estimate of drug-likeness (QED) is 0.643.